The Hall–Kier alpha value is -0.0800. The maximum Gasteiger partial charge on any atom is 0.146 e. The highest BCUT2D eigenvalue weighted by atomic mass is 35.5. The molecule has 1 aliphatic heterocycles. The zero-order valence-corrected chi connectivity index (χ0v) is 7.40. The van der Waals surface area contributed by atoms with Crippen LogP contribution in [0.3, 0.4) is 0 Å². The quantitative estimate of drug-likeness (QED) is 0.598. The van der Waals surface area contributed by atoms with E-state index in [0.29, 0.717) is 5.78 Å². The van der Waals surface area contributed by atoms with Crippen molar-refractivity contribution in [3.05, 3.63) is 0 Å². The Labute approximate surface area is 73.4 Å². The molecule has 1 saturated carbocycles. The monoisotopic (exact) mass is 175 g/mol. The summed E-state index contributed by atoms with van der Waals surface area (Å²) in [6.07, 6.45) is 4.57. The summed E-state index contributed by atoms with van der Waals surface area (Å²) >= 11 is 0. The number of carbonyl (C=O) groups is 1. The highest BCUT2D eigenvalue weighted by Crippen LogP contribution is 2.28. The van der Waals surface area contributed by atoms with Gasteiger partial charge in [0.2, 0.25) is 0 Å². The molecule has 0 aromatic heterocycles. The number of rotatable bonds is 1. The van der Waals surface area contributed by atoms with E-state index in [1.807, 2.05) is 0 Å². The molecule has 0 unspecified atom stereocenters. The number of halogens is 1. The van der Waals surface area contributed by atoms with Gasteiger partial charge in [0, 0.05) is 12.5 Å². The van der Waals surface area contributed by atoms with Gasteiger partial charge in [-0.1, -0.05) is 0 Å². The third-order valence-corrected chi connectivity index (χ3v) is 2.34. The molecule has 3 heteroatoms. The molecule has 2 rings (SSSR count). The molecule has 2 fully saturated rings. The zero-order chi connectivity index (χ0) is 6.97. The van der Waals surface area contributed by atoms with Crippen LogP contribution in [-0.4, -0.2) is 29.8 Å². The van der Waals surface area contributed by atoms with Crippen molar-refractivity contribution in [1.82, 2.24) is 4.90 Å². The first-order valence-electron chi connectivity index (χ1n) is 4.12. The second-order valence-electron chi connectivity index (χ2n) is 3.34. The number of hydrogen-bond donors (Lipinski definition) is 0. The van der Waals surface area contributed by atoms with Crippen LogP contribution in [0.5, 0.6) is 0 Å². The van der Waals surface area contributed by atoms with Crippen molar-refractivity contribution in [3.63, 3.8) is 0 Å². The predicted molar refractivity (Wildman–Crippen MR) is 46.1 cm³/mol. The number of ketones is 1. The molecule has 0 N–H and O–H groups in total. The Bertz CT molecular complexity index is 156. The van der Waals surface area contributed by atoms with Crippen LogP contribution >= 0.6 is 12.4 Å². The van der Waals surface area contributed by atoms with Gasteiger partial charge in [-0.15, -0.1) is 12.4 Å². The number of nitrogens with zero attached hydrogens (tertiary/aromatic N) is 1. The van der Waals surface area contributed by atoms with E-state index in [9.17, 15) is 4.79 Å². The Morgan fingerprint density at radius 2 is 2.09 bits per heavy atom. The molecule has 64 valence electrons. The van der Waals surface area contributed by atoms with Gasteiger partial charge in [0.25, 0.3) is 0 Å². The molecule has 1 aliphatic carbocycles. The molecule has 0 bridgehead atoms. The van der Waals surface area contributed by atoms with E-state index in [0.717, 1.165) is 32.0 Å². The van der Waals surface area contributed by atoms with Gasteiger partial charge in [-0.3, -0.25) is 9.69 Å². The fourth-order valence-electron chi connectivity index (χ4n) is 1.62. The van der Waals surface area contributed by atoms with Crippen molar-refractivity contribution in [1.29, 1.82) is 0 Å². The van der Waals surface area contributed by atoms with Crippen molar-refractivity contribution in [3.8, 4) is 0 Å². The standard InChI is InChI=1S/C8H13NO.ClH/c10-8-2-1-5-9(6-8)7-3-4-7;/h7H,1-6H2;1H. The summed E-state index contributed by atoms with van der Waals surface area (Å²) < 4.78 is 0. The van der Waals surface area contributed by atoms with Gasteiger partial charge >= 0.3 is 0 Å². The van der Waals surface area contributed by atoms with Crippen LogP contribution in [0, 0.1) is 0 Å². The van der Waals surface area contributed by atoms with Gasteiger partial charge in [0.15, 0.2) is 0 Å². The molecular weight excluding hydrogens is 162 g/mol. The predicted octanol–water partition coefficient (Wildman–Crippen LogP) is 1.24. The minimum atomic E-state index is 0. The average Bonchev–Trinajstić information content (AvgIpc) is 2.68. The molecule has 0 radical (unpaired) electrons. The van der Waals surface area contributed by atoms with Crippen LogP contribution in [0.1, 0.15) is 25.7 Å². The van der Waals surface area contributed by atoms with Gasteiger partial charge in [-0.05, 0) is 25.8 Å². The van der Waals surface area contributed by atoms with Crippen molar-refractivity contribution in [2.24, 2.45) is 0 Å². The van der Waals surface area contributed by atoms with Crippen LogP contribution in [0.4, 0.5) is 0 Å². The minimum absolute atomic E-state index is 0. The SMILES string of the molecule is Cl.O=C1CCCN(C2CC2)C1. The first-order valence-corrected chi connectivity index (χ1v) is 4.12. The highest BCUT2D eigenvalue weighted by Gasteiger charge is 2.31. The summed E-state index contributed by atoms with van der Waals surface area (Å²) in [4.78, 5) is 13.3. The van der Waals surface area contributed by atoms with Crippen molar-refractivity contribution >= 4 is 18.2 Å². The molecule has 0 atom stereocenters. The zero-order valence-electron chi connectivity index (χ0n) is 6.58. The topological polar surface area (TPSA) is 20.3 Å². The number of carbonyl (C=O) groups excluding carboxylic acids is 1. The fraction of sp³-hybridized carbons (Fsp3) is 0.875. The number of Topliss-reactive ketones (excluding diaryl/α,β-unsaturated/α-hetero) is 1. The van der Waals surface area contributed by atoms with Gasteiger partial charge < -0.3 is 0 Å². The molecule has 0 aromatic rings. The molecule has 1 saturated heterocycles. The second-order valence-corrected chi connectivity index (χ2v) is 3.34. The van der Waals surface area contributed by atoms with Gasteiger partial charge in [-0.25, -0.2) is 0 Å². The summed E-state index contributed by atoms with van der Waals surface area (Å²) in [5.41, 5.74) is 0. The summed E-state index contributed by atoms with van der Waals surface area (Å²) in [6.45, 7) is 1.90. The molecule has 0 spiro atoms. The van der Waals surface area contributed by atoms with Crippen LogP contribution in [0.25, 0.3) is 0 Å². The molecular formula is C8H14ClNO. The van der Waals surface area contributed by atoms with Crippen LogP contribution in [0.15, 0.2) is 0 Å². The van der Waals surface area contributed by atoms with Crippen molar-refractivity contribution in [2.75, 3.05) is 13.1 Å². The Balaban J connectivity index is 0.000000605. The number of likely N-dealkylation sites (tertiary alicyclic amines) is 1. The smallest absolute Gasteiger partial charge is 0.146 e. The van der Waals surface area contributed by atoms with E-state index in [4.69, 9.17) is 0 Å². The molecule has 11 heavy (non-hydrogen) atoms. The van der Waals surface area contributed by atoms with Crippen LogP contribution in [-0.2, 0) is 4.79 Å². The molecule has 1 heterocycles. The maximum atomic E-state index is 11.0. The molecule has 0 aromatic carbocycles. The summed E-state index contributed by atoms with van der Waals surface area (Å²) in [7, 11) is 0. The summed E-state index contributed by atoms with van der Waals surface area (Å²) in [5.74, 6) is 0.443. The van der Waals surface area contributed by atoms with E-state index in [-0.39, 0.29) is 12.4 Å². The van der Waals surface area contributed by atoms with E-state index < -0.39 is 0 Å². The number of hydrogen-bond acceptors (Lipinski definition) is 2. The minimum Gasteiger partial charge on any atom is -0.298 e. The molecule has 2 aliphatic rings. The molecule has 0 amide bonds. The maximum absolute atomic E-state index is 11.0. The fourth-order valence-corrected chi connectivity index (χ4v) is 1.62. The lowest BCUT2D eigenvalue weighted by Gasteiger charge is -2.24. The lowest BCUT2D eigenvalue weighted by molar-refractivity contribution is -0.122. The van der Waals surface area contributed by atoms with E-state index in [2.05, 4.69) is 4.90 Å². The second kappa shape index (κ2) is 3.55. The Morgan fingerprint density at radius 1 is 1.36 bits per heavy atom. The summed E-state index contributed by atoms with van der Waals surface area (Å²) in [6, 6.07) is 0.782. The Kier molecular flexibility index (Phi) is 2.90. The average molecular weight is 176 g/mol. The van der Waals surface area contributed by atoms with Crippen molar-refractivity contribution in [2.45, 2.75) is 31.7 Å². The lowest BCUT2D eigenvalue weighted by atomic mass is 10.1. The van der Waals surface area contributed by atoms with Gasteiger partial charge in [0.1, 0.15) is 5.78 Å². The first-order chi connectivity index (χ1) is 4.86. The van der Waals surface area contributed by atoms with Gasteiger partial charge in [0.05, 0.1) is 6.54 Å². The Morgan fingerprint density at radius 3 is 2.64 bits per heavy atom. The lowest BCUT2D eigenvalue weighted by Crippen LogP contribution is -2.36. The normalized spacial score (nSPS) is 26.4. The molecule has 2 nitrogen and oxygen atoms in total. The summed E-state index contributed by atoms with van der Waals surface area (Å²) in [5, 5.41) is 0. The third-order valence-electron chi connectivity index (χ3n) is 2.34. The van der Waals surface area contributed by atoms with E-state index in [1.165, 1.54) is 12.8 Å². The largest absolute Gasteiger partial charge is 0.298 e. The van der Waals surface area contributed by atoms with Crippen LogP contribution in [0.2, 0.25) is 0 Å². The first kappa shape index (κ1) is 9.01. The van der Waals surface area contributed by atoms with E-state index in [1.54, 1.807) is 0 Å². The van der Waals surface area contributed by atoms with Crippen molar-refractivity contribution < 1.29 is 4.79 Å². The van der Waals surface area contributed by atoms with Gasteiger partial charge in [-0.2, -0.15) is 0 Å². The van der Waals surface area contributed by atoms with Crippen LogP contribution < -0.4 is 0 Å². The highest BCUT2D eigenvalue weighted by molar-refractivity contribution is 5.85. The van der Waals surface area contributed by atoms with E-state index >= 15 is 0 Å². The number of piperidine rings is 1. The third kappa shape index (κ3) is 2.17.